The third kappa shape index (κ3) is 2.08. The number of aliphatic hydroxyl groups is 1. The zero-order chi connectivity index (χ0) is 12.4. The number of hydrogen-bond acceptors (Lipinski definition) is 4. The number of rotatable bonds is 3. The van der Waals surface area contributed by atoms with E-state index in [4.69, 9.17) is 5.11 Å². The van der Waals surface area contributed by atoms with Crippen LogP contribution in [0.25, 0.3) is 10.9 Å². The van der Waals surface area contributed by atoms with Crippen molar-refractivity contribution < 1.29 is 5.11 Å². The SMILES string of the molecule is OCc1ccc2cn(Cc3ccncn3)nc2c1. The Morgan fingerprint density at radius 2 is 2.17 bits per heavy atom. The highest BCUT2D eigenvalue weighted by molar-refractivity contribution is 5.78. The van der Waals surface area contributed by atoms with Crippen molar-refractivity contribution in [3.8, 4) is 0 Å². The average Bonchev–Trinajstić information content (AvgIpc) is 2.80. The van der Waals surface area contributed by atoms with Crippen LogP contribution in [0, 0.1) is 0 Å². The molecule has 0 saturated heterocycles. The first-order chi connectivity index (χ1) is 8.85. The molecule has 0 atom stereocenters. The summed E-state index contributed by atoms with van der Waals surface area (Å²) >= 11 is 0. The van der Waals surface area contributed by atoms with Crippen molar-refractivity contribution in [2.45, 2.75) is 13.2 Å². The molecule has 2 aromatic heterocycles. The zero-order valence-corrected chi connectivity index (χ0v) is 9.69. The van der Waals surface area contributed by atoms with Gasteiger partial charge in [-0.3, -0.25) is 4.68 Å². The molecular formula is C13H12N4O. The van der Waals surface area contributed by atoms with E-state index in [-0.39, 0.29) is 6.61 Å². The Hall–Kier alpha value is -2.27. The van der Waals surface area contributed by atoms with E-state index >= 15 is 0 Å². The topological polar surface area (TPSA) is 63.8 Å². The lowest BCUT2D eigenvalue weighted by Crippen LogP contribution is -2.01. The summed E-state index contributed by atoms with van der Waals surface area (Å²) in [6, 6.07) is 7.63. The van der Waals surface area contributed by atoms with Crippen LogP contribution in [-0.4, -0.2) is 24.9 Å². The molecule has 1 aromatic carbocycles. The number of fused-ring (bicyclic) bond motifs is 1. The smallest absolute Gasteiger partial charge is 0.115 e. The molecule has 90 valence electrons. The minimum atomic E-state index is 0.0364. The number of aromatic nitrogens is 4. The van der Waals surface area contributed by atoms with Gasteiger partial charge >= 0.3 is 0 Å². The standard InChI is InChI=1S/C13H12N4O/c18-8-10-1-2-11-6-17(16-13(11)5-10)7-12-3-4-14-9-15-12/h1-6,9,18H,7-8H2. The fraction of sp³-hybridized carbons (Fsp3) is 0.154. The van der Waals surface area contributed by atoms with Crippen LogP contribution in [0.5, 0.6) is 0 Å². The van der Waals surface area contributed by atoms with Gasteiger partial charge < -0.3 is 5.11 Å². The van der Waals surface area contributed by atoms with E-state index in [9.17, 15) is 0 Å². The van der Waals surface area contributed by atoms with E-state index in [0.717, 1.165) is 22.2 Å². The van der Waals surface area contributed by atoms with Gasteiger partial charge in [0.15, 0.2) is 0 Å². The molecule has 0 amide bonds. The second-order valence-corrected chi connectivity index (χ2v) is 4.08. The summed E-state index contributed by atoms with van der Waals surface area (Å²) in [5.74, 6) is 0. The highest BCUT2D eigenvalue weighted by atomic mass is 16.3. The number of hydrogen-bond donors (Lipinski definition) is 1. The Balaban J connectivity index is 1.94. The van der Waals surface area contributed by atoms with Crippen molar-refractivity contribution >= 4 is 10.9 Å². The Morgan fingerprint density at radius 3 is 2.94 bits per heavy atom. The molecule has 0 aliphatic rings. The normalized spacial score (nSPS) is 10.9. The maximum absolute atomic E-state index is 9.09. The minimum Gasteiger partial charge on any atom is -0.392 e. The molecule has 5 nitrogen and oxygen atoms in total. The third-order valence-corrected chi connectivity index (χ3v) is 2.77. The van der Waals surface area contributed by atoms with Gasteiger partial charge in [-0.05, 0) is 17.7 Å². The molecule has 5 heteroatoms. The third-order valence-electron chi connectivity index (χ3n) is 2.77. The summed E-state index contributed by atoms with van der Waals surface area (Å²) in [5, 5.41) is 14.6. The van der Waals surface area contributed by atoms with Crippen LogP contribution >= 0.6 is 0 Å². The predicted octanol–water partition coefficient (Wildman–Crippen LogP) is 1.37. The highest BCUT2D eigenvalue weighted by Gasteiger charge is 2.03. The number of benzene rings is 1. The highest BCUT2D eigenvalue weighted by Crippen LogP contribution is 2.15. The molecule has 18 heavy (non-hydrogen) atoms. The Labute approximate surface area is 104 Å². The Kier molecular flexibility index (Phi) is 2.74. The van der Waals surface area contributed by atoms with E-state index in [1.165, 1.54) is 6.33 Å². The van der Waals surface area contributed by atoms with Crippen molar-refractivity contribution in [1.82, 2.24) is 19.7 Å². The maximum atomic E-state index is 9.09. The fourth-order valence-corrected chi connectivity index (χ4v) is 1.87. The summed E-state index contributed by atoms with van der Waals surface area (Å²) in [5.41, 5.74) is 2.67. The molecule has 1 N–H and O–H groups in total. The van der Waals surface area contributed by atoms with Gasteiger partial charge in [0, 0.05) is 17.8 Å². The molecule has 0 fully saturated rings. The fourth-order valence-electron chi connectivity index (χ4n) is 1.87. The van der Waals surface area contributed by atoms with Crippen molar-refractivity contribution in [1.29, 1.82) is 0 Å². The van der Waals surface area contributed by atoms with Gasteiger partial charge in [0.25, 0.3) is 0 Å². The number of aliphatic hydroxyl groups excluding tert-OH is 1. The first kappa shape index (κ1) is 10.9. The van der Waals surface area contributed by atoms with Gasteiger partial charge in [0.2, 0.25) is 0 Å². The lowest BCUT2D eigenvalue weighted by Gasteiger charge is -1.98. The Morgan fingerprint density at radius 1 is 1.22 bits per heavy atom. The van der Waals surface area contributed by atoms with Crippen LogP contribution in [0.2, 0.25) is 0 Å². The van der Waals surface area contributed by atoms with Crippen molar-refractivity contribution in [2.75, 3.05) is 0 Å². The monoisotopic (exact) mass is 240 g/mol. The van der Waals surface area contributed by atoms with E-state index in [1.807, 2.05) is 35.1 Å². The zero-order valence-electron chi connectivity index (χ0n) is 9.69. The molecule has 3 aromatic rings. The van der Waals surface area contributed by atoms with E-state index in [1.54, 1.807) is 6.20 Å². The molecule has 0 spiro atoms. The van der Waals surface area contributed by atoms with Gasteiger partial charge in [-0.2, -0.15) is 5.10 Å². The molecule has 0 unspecified atom stereocenters. The second kappa shape index (κ2) is 4.54. The lowest BCUT2D eigenvalue weighted by atomic mass is 10.2. The first-order valence-electron chi connectivity index (χ1n) is 5.67. The molecule has 0 bridgehead atoms. The quantitative estimate of drug-likeness (QED) is 0.751. The molecule has 0 saturated carbocycles. The first-order valence-corrected chi connectivity index (χ1v) is 5.67. The predicted molar refractivity (Wildman–Crippen MR) is 66.8 cm³/mol. The summed E-state index contributed by atoms with van der Waals surface area (Å²) in [6.07, 6.45) is 5.22. The van der Waals surface area contributed by atoms with E-state index < -0.39 is 0 Å². The molecule has 0 radical (unpaired) electrons. The molecule has 2 heterocycles. The summed E-state index contributed by atoms with van der Waals surface area (Å²) in [4.78, 5) is 8.05. The average molecular weight is 240 g/mol. The summed E-state index contributed by atoms with van der Waals surface area (Å²) in [6.45, 7) is 0.653. The largest absolute Gasteiger partial charge is 0.392 e. The molecule has 0 aliphatic heterocycles. The maximum Gasteiger partial charge on any atom is 0.115 e. The molecule has 0 aliphatic carbocycles. The van der Waals surface area contributed by atoms with Gasteiger partial charge in [-0.15, -0.1) is 0 Å². The van der Waals surface area contributed by atoms with Crippen LogP contribution in [0.1, 0.15) is 11.3 Å². The number of nitrogens with zero attached hydrogens (tertiary/aromatic N) is 4. The van der Waals surface area contributed by atoms with Gasteiger partial charge in [0.05, 0.1) is 24.4 Å². The van der Waals surface area contributed by atoms with Crippen LogP contribution < -0.4 is 0 Å². The van der Waals surface area contributed by atoms with E-state index in [2.05, 4.69) is 15.1 Å². The van der Waals surface area contributed by atoms with Crippen LogP contribution in [-0.2, 0) is 13.2 Å². The lowest BCUT2D eigenvalue weighted by molar-refractivity contribution is 0.282. The summed E-state index contributed by atoms with van der Waals surface area (Å²) < 4.78 is 1.84. The van der Waals surface area contributed by atoms with Crippen molar-refractivity contribution in [2.24, 2.45) is 0 Å². The molecular weight excluding hydrogens is 228 g/mol. The van der Waals surface area contributed by atoms with Gasteiger partial charge in [-0.1, -0.05) is 12.1 Å². The van der Waals surface area contributed by atoms with Crippen LogP contribution in [0.3, 0.4) is 0 Å². The minimum absolute atomic E-state index is 0.0364. The van der Waals surface area contributed by atoms with Crippen molar-refractivity contribution in [3.05, 3.63) is 54.2 Å². The van der Waals surface area contributed by atoms with Gasteiger partial charge in [0.1, 0.15) is 6.33 Å². The van der Waals surface area contributed by atoms with Crippen LogP contribution in [0.15, 0.2) is 43.0 Å². The van der Waals surface area contributed by atoms with Crippen molar-refractivity contribution in [3.63, 3.8) is 0 Å². The molecule has 3 rings (SSSR count). The van der Waals surface area contributed by atoms with E-state index in [0.29, 0.717) is 6.54 Å². The summed E-state index contributed by atoms with van der Waals surface area (Å²) in [7, 11) is 0. The Bertz CT molecular complexity index is 663. The van der Waals surface area contributed by atoms with Crippen LogP contribution in [0.4, 0.5) is 0 Å². The van der Waals surface area contributed by atoms with Gasteiger partial charge in [-0.25, -0.2) is 9.97 Å². The second-order valence-electron chi connectivity index (χ2n) is 4.08.